The topological polar surface area (TPSA) is 84.7 Å². The molecule has 1 aromatic carbocycles. The number of primary amides is 1. The molecule has 1 aromatic rings. The molecule has 1 fully saturated rings. The Morgan fingerprint density at radius 1 is 1.30 bits per heavy atom. The Labute approximate surface area is 137 Å². The second-order valence-electron chi connectivity index (χ2n) is 5.81. The van der Waals surface area contributed by atoms with Crippen LogP contribution in [0.5, 0.6) is 0 Å². The van der Waals surface area contributed by atoms with Crippen molar-refractivity contribution in [1.29, 1.82) is 0 Å². The van der Waals surface area contributed by atoms with Crippen molar-refractivity contribution in [2.75, 3.05) is 26.2 Å². The third-order valence-electron chi connectivity index (χ3n) is 3.98. The van der Waals surface area contributed by atoms with Crippen LogP contribution < -0.4 is 11.1 Å². The van der Waals surface area contributed by atoms with E-state index in [1.165, 1.54) is 4.90 Å². The molecule has 6 nitrogen and oxygen atoms in total. The van der Waals surface area contributed by atoms with Crippen molar-refractivity contribution in [3.63, 3.8) is 0 Å². The lowest BCUT2D eigenvalue weighted by molar-refractivity contribution is -0.126. The maximum absolute atomic E-state index is 12.1. The van der Waals surface area contributed by atoms with Crippen LogP contribution in [0.1, 0.15) is 24.8 Å². The molecule has 23 heavy (non-hydrogen) atoms. The van der Waals surface area contributed by atoms with Gasteiger partial charge in [-0.05, 0) is 24.8 Å². The van der Waals surface area contributed by atoms with Crippen molar-refractivity contribution in [1.82, 2.24) is 10.2 Å². The monoisotopic (exact) mass is 319 g/mol. The number of amides is 3. The fraction of sp³-hybridized carbons (Fsp3) is 0.529. The molecular weight excluding hydrogens is 294 g/mol. The number of piperidine rings is 1. The van der Waals surface area contributed by atoms with Crippen molar-refractivity contribution in [2.24, 2.45) is 11.7 Å². The van der Waals surface area contributed by atoms with Gasteiger partial charge in [0.05, 0.1) is 12.5 Å². The highest BCUT2D eigenvalue weighted by Crippen LogP contribution is 2.16. The van der Waals surface area contributed by atoms with Crippen LogP contribution in [-0.2, 0) is 16.1 Å². The summed E-state index contributed by atoms with van der Waals surface area (Å²) < 4.78 is 5.57. The summed E-state index contributed by atoms with van der Waals surface area (Å²) in [4.78, 5) is 24.8. The predicted molar refractivity (Wildman–Crippen MR) is 87.6 cm³/mol. The molecule has 1 atom stereocenters. The molecule has 0 spiro atoms. The number of benzene rings is 1. The minimum atomic E-state index is -0.447. The van der Waals surface area contributed by atoms with Crippen LogP contribution in [0.25, 0.3) is 0 Å². The Hall–Kier alpha value is -2.08. The first-order valence-electron chi connectivity index (χ1n) is 8.10. The SMILES string of the molecule is NC(=O)N1CCCC(C(=O)NCCCOCc2ccccc2)C1. The van der Waals surface area contributed by atoms with Crippen LogP contribution >= 0.6 is 0 Å². The van der Waals surface area contributed by atoms with E-state index in [1.807, 2.05) is 30.3 Å². The largest absolute Gasteiger partial charge is 0.377 e. The van der Waals surface area contributed by atoms with Crippen LogP contribution in [0.3, 0.4) is 0 Å². The number of rotatable bonds is 7. The van der Waals surface area contributed by atoms with E-state index < -0.39 is 6.03 Å². The molecule has 3 amide bonds. The third kappa shape index (κ3) is 5.90. The zero-order valence-electron chi connectivity index (χ0n) is 13.4. The quantitative estimate of drug-likeness (QED) is 0.747. The van der Waals surface area contributed by atoms with Gasteiger partial charge in [-0.3, -0.25) is 4.79 Å². The van der Waals surface area contributed by atoms with Crippen molar-refractivity contribution >= 4 is 11.9 Å². The van der Waals surface area contributed by atoms with Gasteiger partial charge in [0.1, 0.15) is 0 Å². The van der Waals surface area contributed by atoms with E-state index in [4.69, 9.17) is 10.5 Å². The van der Waals surface area contributed by atoms with Crippen LogP contribution in [0.4, 0.5) is 4.79 Å². The smallest absolute Gasteiger partial charge is 0.314 e. The molecule has 0 aromatic heterocycles. The van der Waals surface area contributed by atoms with Gasteiger partial charge in [-0.2, -0.15) is 0 Å². The maximum atomic E-state index is 12.1. The number of carbonyl (C=O) groups is 2. The summed E-state index contributed by atoms with van der Waals surface area (Å²) in [7, 11) is 0. The summed E-state index contributed by atoms with van der Waals surface area (Å²) in [6.45, 7) is 2.84. The van der Waals surface area contributed by atoms with Crippen LogP contribution in [0, 0.1) is 5.92 Å². The number of hydrogen-bond acceptors (Lipinski definition) is 3. The fourth-order valence-corrected chi connectivity index (χ4v) is 2.69. The molecule has 1 saturated heterocycles. The molecular formula is C17H25N3O3. The Balaban J connectivity index is 1.57. The van der Waals surface area contributed by atoms with Gasteiger partial charge in [0.25, 0.3) is 0 Å². The third-order valence-corrected chi connectivity index (χ3v) is 3.98. The van der Waals surface area contributed by atoms with E-state index >= 15 is 0 Å². The molecule has 0 radical (unpaired) electrons. The standard InChI is InChI=1S/C17H25N3O3/c18-17(22)20-10-4-8-15(12-20)16(21)19-9-5-11-23-13-14-6-2-1-3-7-14/h1-3,6-7,15H,4-5,8-13H2,(H2,18,22)(H,19,21). The van der Waals surface area contributed by atoms with Gasteiger partial charge >= 0.3 is 6.03 Å². The van der Waals surface area contributed by atoms with Crippen molar-refractivity contribution in [3.05, 3.63) is 35.9 Å². The highest BCUT2D eigenvalue weighted by Gasteiger charge is 2.26. The number of nitrogens with two attached hydrogens (primary N) is 1. The van der Waals surface area contributed by atoms with Gasteiger partial charge < -0.3 is 20.7 Å². The minimum Gasteiger partial charge on any atom is -0.377 e. The summed E-state index contributed by atoms with van der Waals surface area (Å²) >= 11 is 0. The number of nitrogens with zero attached hydrogens (tertiary/aromatic N) is 1. The molecule has 1 heterocycles. The van der Waals surface area contributed by atoms with E-state index in [9.17, 15) is 9.59 Å². The molecule has 1 unspecified atom stereocenters. The van der Waals surface area contributed by atoms with Crippen LogP contribution in [0.15, 0.2) is 30.3 Å². The van der Waals surface area contributed by atoms with E-state index in [0.717, 1.165) is 24.8 Å². The number of ether oxygens (including phenoxy) is 1. The van der Waals surface area contributed by atoms with E-state index in [2.05, 4.69) is 5.32 Å². The predicted octanol–water partition coefficient (Wildman–Crippen LogP) is 1.50. The molecule has 6 heteroatoms. The second kappa shape index (κ2) is 9.15. The van der Waals surface area contributed by atoms with Crippen molar-refractivity contribution in [2.45, 2.75) is 25.9 Å². The molecule has 3 N–H and O–H groups in total. The first-order chi connectivity index (χ1) is 11.2. The highest BCUT2D eigenvalue weighted by molar-refractivity contribution is 5.80. The summed E-state index contributed by atoms with van der Waals surface area (Å²) in [5.41, 5.74) is 6.42. The number of hydrogen-bond donors (Lipinski definition) is 2. The van der Waals surface area contributed by atoms with Gasteiger partial charge in [0, 0.05) is 26.2 Å². The summed E-state index contributed by atoms with van der Waals surface area (Å²) in [6, 6.07) is 9.54. The van der Waals surface area contributed by atoms with E-state index in [0.29, 0.717) is 32.8 Å². The molecule has 1 aliphatic rings. The van der Waals surface area contributed by atoms with Crippen LogP contribution in [0.2, 0.25) is 0 Å². The molecule has 0 saturated carbocycles. The highest BCUT2D eigenvalue weighted by atomic mass is 16.5. The Morgan fingerprint density at radius 3 is 2.83 bits per heavy atom. The van der Waals surface area contributed by atoms with Gasteiger partial charge in [-0.25, -0.2) is 4.79 Å². The number of likely N-dealkylation sites (tertiary alicyclic amines) is 1. The maximum Gasteiger partial charge on any atom is 0.314 e. The lowest BCUT2D eigenvalue weighted by atomic mass is 9.97. The average Bonchev–Trinajstić information content (AvgIpc) is 2.58. The zero-order chi connectivity index (χ0) is 16.5. The molecule has 2 rings (SSSR count). The van der Waals surface area contributed by atoms with Crippen LogP contribution in [-0.4, -0.2) is 43.1 Å². The minimum absolute atomic E-state index is 0.000917. The molecule has 0 aliphatic carbocycles. The number of urea groups is 1. The lowest BCUT2D eigenvalue weighted by Crippen LogP contribution is -2.47. The summed E-state index contributed by atoms with van der Waals surface area (Å²) in [5, 5.41) is 2.91. The number of carbonyl (C=O) groups excluding carboxylic acids is 2. The molecule has 0 bridgehead atoms. The fourth-order valence-electron chi connectivity index (χ4n) is 2.69. The zero-order valence-corrected chi connectivity index (χ0v) is 13.4. The Bertz CT molecular complexity index is 507. The van der Waals surface area contributed by atoms with E-state index in [1.54, 1.807) is 0 Å². The Kier molecular flexibility index (Phi) is 6.87. The Morgan fingerprint density at radius 2 is 2.09 bits per heavy atom. The second-order valence-corrected chi connectivity index (χ2v) is 5.81. The first-order valence-corrected chi connectivity index (χ1v) is 8.10. The number of nitrogens with one attached hydrogen (secondary N) is 1. The molecule has 1 aliphatic heterocycles. The van der Waals surface area contributed by atoms with Gasteiger partial charge in [-0.1, -0.05) is 30.3 Å². The normalized spacial score (nSPS) is 17.7. The molecule has 126 valence electrons. The van der Waals surface area contributed by atoms with Crippen molar-refractivity contribution in [3.8, 4) is 0 Å². The van der Waals surface area contributed by atoms with Crippen molar-refractivity contribution < 1.29 is 14.3 Å². The van der Waals surface area contributed by atoms with E-state index in [-0.39, 0.29) is 11.8 Å². The summed E-state index contributed by atoms with van der Waals surface area (Å²) in [6.07, 6.45) is 2.40. The summed E-state index contributed by atoms with van der Waals surface area (Å²) in [5.74, 6) is -0.152. The van der Waals surface area contributed by atoms with Gasteiger partial charge in [0.2, 0.25) is 5.91 Å². The lowest BCUT2D eigenvalue weighted by Gasteiger charge is -2.30. The van der Waals surface area contributed by atoms with Gasteiger partial charge in [-0.15, -0.1) is 0 Å². The average molecular weight is 319 g/mol. The first kappa shape index (κ1) is 17.3. The van der Waals surface area contributed by atoms with Gasteiger partial charge in [0.15, 0.2) is 0 Å².